The van der Waals surface area contributed by atoms with Gasteiger partial charge in [0.1, 0.15) is 11.5 Å². The van der Waals surface area contributed by atoms with Crippen molar-refractivity contribution in [2.24, 2.45) is 0 Å². The molecule has 0 saturated heterocycles. The first-order valence-electron chi connectivity index (χ1n) is 21.3. The zero-order valence-corrected chi connectivity index (χ0v) is 42.5. The summed E-state index contributed by atoms with van der Waals surface area (Å²) in [7, 11) is -7.70. The first-order chi connectivity index (χ1) is 32.8. The number of thiophene rings is 2. The molecular weight excluding hydrogens is 1100 g/mol. The Hall–Kier alpha value is -3.62. The predicted octanol–water partition coefficient (Wildman–Crippen LogP) is 12.8. The number of halogens is 10. The molecule has 0 bridgehead atoms. The Morgan fingerprint density at radius 3 is 1.39 bits per heavy atom. The first kappa shape index (κ1) is 52.7. The van der Waals surface area contributed by atoms with Gasteiger partial charge >= 0.3 is 32.6 Å². The van der Waals surface area contributed by atoms with Crippen LogP contribution in [0.3, 0.4) is 0 Å². The molecule has 4 aromatic heterocycles. The molecule has 0 saturated carbocycles. The number of unbranched alkanes of at least 4 members (excludes halogenated alkanes) is 2. The number of rotatable bonds is 16. The number of nitrogens with zero attached hydrogens (tertiary/aromatic N) is 5. The van der Waals surface area contributed by atoms with Crippen molar-refractivity contribution in [1.82, 2.24) is 24.5 Å². The molecule has 0 spiro atoms. The number of benzene rings is 2. The molecule has 8 rings (SSSR count). The molecule has 2 N–H and O–H groups in total. The SMILES string of the molecule is CN(CCCCC(c1nn(-c2ccc(Cl)cc2Cl)c2c1CCOc1cc(S(=O)(=O)O)sc1-2)C(F)(F)F)CCCCC(c1nn(-c2ccc(Cl)cc2Cl)c2c1CCOc1cc(S(=O)(=O)O)sc1-2)C(F)(F)F. The summed E-state index contributed by atoms with van der Waals surface area (Å²) in [5, 5.41) is 9.58. The van der Waals surface area contributed by atoms with Gasteiger partial charge in [-0.1, -0.05) is 59.2 Å². The Balaban J connectivity index is 0.974. The summed E-state index contributed by atoms with van der Waals surface area (Å²) in [5.74, 6) is -4.08. The van der Waals surface area contributed by atoms with Crippen molar-refractivity contribution in [3.8, 4) is 44.0 Å². The van der Waals surface area contributed by atoms with Crippen molar-refractivity contribution in [3.63, 3.8) is 0 Å². The summed E-state index contributed by atoms with van der Waals surface area (Å²) in [4.78, 5) is 2.08. The van der Waals surface area contributed by atoms with Gasteiger partial charge in [0.2, 0.25) is 0 Å². The van der Waals surface area contributed by atoms with Crippen molar-refractivity contribution in [1.29, 1.82) is 0 Å². The van der Waals surface area contributed by atoms with Crippen molar-refractivity contribution >= 4 is 89.3 Å². The molecule has 2 atom stereocenters. The average molecular weight is 1140 g/mol. The summed E-state index contributed by atoms with van der Waals surface area (Å²) in [6.45, 7) is 0.394. The standard InChI is InChI=1S/C43H39Cl4F6N5O8S4/c1-56(14-4-2-6-26(42(48,49)50)36-24-12-16-65-32-20-34(69(59,60)61)67-40(32)38(24)57(54-36)30-10-8-22(44)18-28(30)46)15-5-3-7-27(43(51,52)53)37-25-13-17-66-33-21-35(70(62,63)64)68-41(33)39(25)58(55-37)31-11-9-23(45)19-29(31)47/h8-11,18-21,26-27H,2-7,12-17H2,1H3,(H,59,60,61)(H,62,63,64). The smallest absolute Gasteiger partial charge is 0.397 e. The van der Waals surface area contributed by atoms with Crippen LogP contribution in [-0.2, 0) is 33.1 Å². The van der Waals surface area contributed by atoms with Gasteiger partial charge in [-0.3, -0.25) is 9.11 Å². The molecule has 2 aromatic carbocycles. The largest absolute Gasteiger partial charge is 0.492 e. The van der Waals surface area contributed by atoms with E-state index in [1.807, 2.05) is 4.90 Å². The average Bonchev–Trinajstić information content (AvgIpc) is 3.99. The van der Waals surface area contributed by atoms with Crippen LogP contribution in [0.1, 0.15) is 72.9 Å². The van der Waals surface area contributed by atoms with Crippen molar-refractivity contribution < 1.29 is 61.8 Å². The van der Waals surface area contributed by atoms with Crippen LogP contribution in [0.5, 0.6) is 11.5 Å². The number of hydrogen-bond acceptors (Lipinski definition) is 11. The fourth-order valence-electron chi connectivity index (χ4n) is 8.62. The van der Waals surface area contributed by atoms with Gasteiger partial charge in [0.25, 0.3) is 0 Å². The molecule has 27 heteroatoms. The second-order valence-electron chi connectivity index (χ2n) is 16.6. The maximum absolute atomic E-state index is 15.1. The minimum atomic E-state index is -4.78. The Kier molecular flexibility index (Phi) is 15.3. The van der Waals surface area contributed by atoms with E-state index in [0.29, 0.717) is 48.6 Å². The van der Waals surface area contributed by atoms with E-state index in [0.717, 1.165) is 12.1 Å². The lowest BCUT2D eigenvalue weighted by Crippen LogP contribution is -2.25. The topological polar surface area (TPSA) is 166 Å². The molecule has 0 amide bonds. The normalized spacial score (nSPS) is 15.1. The summed E-state index contributed by atoms with van der Waals surface area (Å²) in [6, 6.07) is 10.9. The third-order valence-corrected chi connectivity index (χ3v) is 17.8. The van der Waals surface area contributed by atoms with Gasteiger partial charge < -0.3 is 14.4 Å². The third-order valence-electron chi connectivity index (χ3n) is 11.8. The maximum Gasteiger partial charge on any atom is 0.397 e. The lowest BCUT2D eigenvalue weighted by Gasteiger charge is -2.22. The number of hydrogen-bond donors (Lipinski definition) is 2. The molecule has 6 aromatic rings. The molecule has 378 valence electrons. The monoisotopic (exact) mass is 1140 g/mol. The third kappa shape index (κ3) is 11.1. The minimum absolute atomic E-state index is 0.0219. The second-order valence-corrected chi connectivity index (χ2v) is 23.7. The van der Waals surface area contributed by atoms with Crippen molar-refractivity contribution in [2.75, 3.05) is 33.4 Å². The van der Waals surface area contributed by atoms with Gasteiger partial charge in [-0.15, -0.1) is 22.7 Å². The molecule has 70 heavy (non-hydrogen) atoms. The number of alkyl halides is 6. The quantitative estimate of drug-likeness (QED) is 0.0538. The number of fused-ring (bicyclic) bond motifs is 6. The van der Waals surface area contributed by atoms with Crippen LogP contribution < -0.4 is 9.47 Å². The molecule has 0 radical (unpaired) electrons. The van der Waals surface area contributed by atoms with Crippen LogP contribution >= 0.6 is 69.1 Å². The van der Waals surface area contributed by atoms with Crippen LogP contribution in [0.15, 0.2) is 56.9 Å². The Morgan fingerprint density at radius 2 is 1.04 bits per heavy atom. The highest BCUT2D eigenvalue weighted by molar-refractivity contribution is 7.88. The minimum Gasteiger partial charge on any atom is -0.492 e. The molecule has 0 fully saturated rings. The highest BCUT2D eigenvalue weighted by Gasteiger charge is 2.46. The van der Waals surface area contributed by atoms with Gasteiger partial charge in [0.05, 0.1) is 79.0 Å². The summed E-state index contributed by atoms with van der Waals surface area (Å²) < 4.78 is 172. The van der Waals surface area contributed by atoms with E-state index in [1.54, 1.807) is 7.05 Å². The zero-order valence-electron chi connectivity index (χ0n) is 36.3. The van der Waals surface area contributed by atoms with Crippen molar-refractivity contribution in [3.05, 3.63) is 91.1 Å². The Morgan fingerprint density at radius 1 is 0.657 bits per heavy atom. The highest BCUT2D eigenvalue weighted by Crippen LogP contribution is 2.51. The Bertz CT molecular complexity index is 2970. The zero-order chi connectivity index (χ0) is 50.7. The van der Waals surface area contributed by atoms with Crippen LogP contribution in [0.25, 0.3) is 32.5 Å². The Labute approximate surface area is 425 Å². The summed E-state index contributed by atoms with van der Waals surface area (Å²) >= 11 is 26.6. The van der Waals surface area contributed by atoms with E-state index < -0.39 is 52.8 Å². The van der Waals surface area contributed by atoms with Crippen LogP contribution in [0, 0.1) is 0 Å². The van der Waals surface area contributed by atoms with Gasteiger partial charge in [0.15, 0.2) is 8.42 Å². The fourth-order valence-corrected chi connectivity index (χ4v) is 13.2. The number of ether oxygens (including phenoxy) is 2. The van der Waals surface area contributed by atoms with E-state index in [-0.39, 0.29) is 138 Å². The molecule has 2 aliphatic rings. The molecule has 2 aliphatic heterocycles. The molecule has 0 aliphatic carbocycles. The highest BCUT2D eigenvalue weighted by atomic mass is 35.5. The van der Waals surface area contributed by atoms with Crippen molar-refractivity contribution in [2.45, 2.75) is 84.0 Å². The van der Waals surface area contributed by atoms with E-state index in [4.69, 9.17) is 55.9 Å². The summed E-state index contributed by atoms with van der Waals surface area (Å²) in [6.07, 6.45) is -9.63. The maximum atomic E-state index is 15.1. The fraction of sp³-hybridized carbons (Fsp3) is 0.395. The van der Waals surface area contributed by atoms with Crippen LogP contribution in [0.4, 0.5) is 26.3 Å². The summed E-state index contributed by atoms with van der Waals surface area (Å²) in [5.41, 5.74) is 0.319. The lowest BCUT2D eigenvalue weighted by molar-refractivity contribution is -0.154. The van der Waals surface area contributed by atoms with Gasteiger partial charge in [-0.25, -0.2) is 9.36 Å². The lowest BCUT2D eigenvalue weighted by atomic mass is 9.92. The van der Waals surface area contributed by atoms with Gasteiger partial charge in [0, 0.05) is 46.1 Å². The number of aromatic nitrogens is 4. The predicted molar refractivity (Wildman–Crippen MR) is 255 cm³/mol. The van der Waals surface area contributed by atoms with Gasteiger partial charge in [-0.2, -0.15) is 53.4 Å². The second kappa shape index (κ2) is 20.4. The first-order valence-corrected chi connectivity index (χ1v) is 27.3. The molecule has 2 unspecified atom stereocenters. The molecule has 13 nitrogen and oxygen atoms in total. The molecular formula is C43H39Cl4F6N5O8S4. The van der Waals surface area contributed by atoms with Crippen LogP contribution in [-0.4, -0.2) is 96.1 Å². The van der Waals surface area contributed by atoms with Crippen LogP contribution in [0.2, 0.25) is 20.1 Å². The van der Waals surface area contributed by atoms with E-state index >= 15 is 26.3 Å². The van der Waals surface area contributed by atoms with E-state index in [1.165, 1.54) is 45.8 Å². The van der Waals surface area contributed by atoms with E-state index in [2.05, 4.69) is 10.2 Å². The molecule has 6 heterocycles. The van der Waals surface area contributed by atoms with Gasteiger partial charge in [-0.05, 0) is 82.2 Å². The van der Waals surface area contributed by atoms with E-state index in [9.17, 15) is 25.9 Å².